The molecule has 0 unspecified atom stereocenters. The predicted octanol–water partition coefficient (Wildman–Crippen LogP) is 3.35. The van der Waals surface area contributed by atoms with Crippen LogP contribution in [0.3, 0.4) is 0 Å². The summed E-state index contributed by atoms with van der Waals surface area (Å²) in [6, 6.07) is 5.22. The van der Waals surface area contributed by atoms with E-state index < -0.39 is 12.2 Å². The zero-order chi connectivity index (χ0) is 21.1. The number of hydrogen-bond acceptors (Lipinski definition) is 7. The van der Waals surface area contributed by atoms with E-state index in [1.807, 2.05) is 17.6 Å². The van der Waals surface area contributed by atoms with Crippen molar-refractivity contribution in [1.82, 2.24) is 10.6 Å². The minimum absolute atomic E-state index is 0.219. The summed E-state index contributed by atoms with van der Waals surface area (Å²) in [7, 11) is 1.14. The van der Waals surface area contributed by atoms with Crippen molar-refractivity contribution in [2.75, 3.05) is 30.2 Å². The lowest BCUT2D eigenvalue weighted by molar-refractivity contribution is -0.113. The van der Waals surface area contributed by atoms with Gasteiger partial charge in [-0.05, 0) is 30.4 Å². The van der Waals surface area contributed by atoms with Crippen LogP contribution >= 0.6 is 23.5 Å². The third kappa shape index (κ3) is 9.00. The van der Waals surface area contributed by atoms with Crippen LogP contribution in [0.4, 0.5) is 21.0 Å². The van der Waals surface area contributed by atoms with Crippen LogP contribution in [0.2, 0.25) is 0 Å². The summed E-state index contributed by atoms with van der Waals surface area (Å²) in [4.78, 5) is 39.5. The SMILES string of the molecule is COC(=O)NC(=Nc1ccc(SCC(C)C)cc1NC(=O)CSC)NC(=O)O. The molecule has 1 rings (SSSR count). The summed E-state index contributed by atoms with van der Waals surface area (Å²) in [5, 5.41) is 15.9. The second kappa shape index (κ2) is 12.1. The van der Waals surface area contributed by atoms with Crippen LogP contribution in [0, 0.1) is 5.92 Å². The summed E-state index contributed by atoms with van der Waals surface area (Å²) in [6.45, 7) is 4.21. The number of benzene rings is 1. The fourth-order valence-corrected chi connectivity index (χ4v) is 3.07. The molecule has 0 fully saturated rings. The number of guanidine groups is 1. The number of rotatable bonds is 7. The maximum absolute atomic E-state index is 12.0. The molecule has 0 saturated carbocycles. The van der Waals surface area contributed by atoms with E-state index in [9.17, 15) is 14.4 Å². The normalized spacial score (nSPS) is 11.1. The molecule has 11 heteroatoms. The van der Waals surface area contributed by atoms with Gasteiger partial charge in [0.2, 0.25) is 11.9 Å². The standard InChI is InChI=1S/C17H24N4O5S2/c1-10(2)8-28-11-5-6-12(13(7-11)18-14(22)9-27-4)19-15(20-16(23)24)21-17(25)26-3/h5-7,10H,8-9H2,1-4H3,(H,18,22)(H,23,24)(H2,19,20,21,25). The molecule has 0 aliphatic carbocycles. The van der Waals surface area contributed by atoms with Gasteiger partial charge >= 0.3 is 12.2 Å². The van der Waals surface area contributed by atoms with E-state index in [2.05, 4.69) is 34.2 Å². The number of nitrogens with one attached hydrogen (secondary N) is 3. The van der Waals surface area contributed by atoms with Crippen molar-refractivity contribution in [1.29, 1.82) is 0 Å². The predicted molar refractivity (Wildman–Crippen MR) is 113 cm³/mol. The van der Waals surface area contributed by atoms with Crippen molar-refractivity contribution >= 4 is 59.0 Å². The van der Waals surface area contributed by atoms with E-state index in [1.165, 1.54) is 11.8 Å². The first-order valence-electron chi connectivity index (χ1n) is 8.24. The Morgan fingerprint density at radius 1 is 1.25 bits per heavy atom. The molecule has 28 heavy (non-hydrogen) atoms. The second-order valence-electron chi connectivity index (χ2n) is 5.87. The van der Waals surface area contributed by atoms with Crippen LogP contribution in [-0.4, -0.2) is 54.0 Å². The molecule has 9 nitrogen and oxygen atoms in total. The Morgan fingerprint density at radius 2 is 1.96 bits per heavy atom. The fourth-order valence-electron chi connectivity index (χ4n) is 1.84. The lowest BCUT2D eigenvalue weighted by Gasteiger charge is -2.13. The van der Waals surface area contributed by atoms with Gasteiger partial charge in [0.15, 0.2) is 0 Å². The van der Waals surface area contributed by atoms with Crippen LogP contribution in [0.15, 0.2) is 28.1 Å². The Bertz CT molecular complexity index is 740. The lowest BCUT2D eigenvalue weighted by atomic mass is 10.2. The molecular formula is C17H24N4O5S2. The lowest BCUT2D eigenvalue weighted by Crippen LogP contribution is -2.43. The monoisotopic (exact) mass is 428 g/mol. The van der Waals surface area contributed by atoms with E-state index in [0.29, 0.717) is 11.6 Å². The molecule has 0 aliphatic rings. The van der Waals surface area contributed by atoms with Crippen molar-refractivity contribution in [3.8, 4) is 0 Å². The zero-order valence-corrected chi connectivity index (χ0v) is 17.7. The number of alkyl carbamates (subject to hydrolysis) is 1. The number of aliphatic imine (C=N–C) groups is 1. The fraction of sp³-hybridized carbons (Fsp3) is 0.412. The second-order valence-corrected chi connectivity index (χ2v) is 7.83. The average molecular weight is 429 g/mol. The number of anilines is 1. The minimum atomic E-state index is -1.41. The molecule has 0 radical (unpaired) electrons. The molecule has 0 atom stereocenters. The van der Waals surface area contributed by atoms with Gasteiger partial charge < -0.3 is 15.2 Å². The molecule has 3 amide bonds. The molecule has 0 spiro atoms. The Balaban J connectivity index is 3.24. The Hall–Kier alpha value is -2.40. The first kappa shape index (κ1) is 23.6. The van der Waals surface area contributed by atoms with Crippen molar-refractivity contribution in [2.24, 2.45) is 10.9 Å². The minimum Gasteiger partial charge on any atom is -0.465 e. The quantitative estimate of drug-likeness (QED) is 0.298. The van der Waals surface area contributed by atoms with Gasteiger partial charge in [-0.15, -0.1) is 11.8 Å². The van der Waals surface area contributed by atoms with Crippen LogP contribution in [0.5, 0.6) is 0 Å². The van der Waals surface area contributed by atoms with Gasteiger partial charge in [-0.1, -0.05) is 13.8 Å². The van der Waals surface area contributed by atoms with Crippen molar-refractivity contribution < 1.29 is 24.2 Å². The van der Waals surface area contributed by atoms with Gasteiger partial charge in [-0.2, -0.15) is 11.8 Å². The maximum atomic E-state index is 12.0. The Morgan fingerprint density at radius 3 is 2.54 bits per heavy atom. The van der Waals surface area contributed by atoms with Crippen molar-refractivity contribution in [3.63, 3.8) is 0 Å². The highest BCUT2D eigenvalue weighted by atomic mass is 32.2. The van der Waals surface area contributed by atoms with Gasteiger partial charge in [-0.3, -0.25) is 15.4 Å². The molecule has 4 N–H and O–H groups in total. The number of methoxy groups -OCH3 is 1. The van der Waals surface area contributed by atoms with E-state index in [0.717, 1.165) is 17.8 Å². The summed E-state index contributed by atoms with van der Waals surface area (Å²) in [6.07, 6.45) is -0.486. The van der Waals surface area contributed by atoms with Crippen LogP contribution in [-0.2, 0) is 9.53 Å². The third-order valence-electron chi connectivity index (χ3n) is 2.96. The molecule has 0 saturated heterocycles. The molecule has 154 valence electrons. The highest BCUT2D eigenvalue weighted by Gasteiger charge is 2.13. The van der Waals surface area contributed by atoms with E-state index >= 15 is 0 Å². The van der Waals surface area contributed by atoms with E-state index in [4.69, 9.17) is 5.11 Å². The number of ether oxygens (including phenoxy) is 1. The molecule has 1 aromatic rings. The highest BCUT2D eigenvalue weighted by molar-refractivity contribution is 7.99. The Kier molecular flexibility index (Phi) is 10.2. The molecular weight excluding hydrogens is 404 g/mol. The topological polar surface area (TPSA) is 129 Å². The number of carbonyl (C=O) groups is 3. The molecule has 0 aromatic heterocycles. The molecule has 0 aliphatic heterocycles. The van der Waals surface area contributed by atoms with Crippen LogP contribution in [0.25, 0.3) is 0 Å². The third-order valence-corrected chi connectivity index (χ3v) is 4.94. The van der Waals surface area contributed by atoms with Gasteiger partial charge in [0.05, 0.1) is 24.2 Å². The zero-order valence-electron chi connectivity index (χ0n) is 16.1. The van der Waals surface area contributed by atoms with Crippen LogP contribution < -0.4 is 16.0 Å². The van der Waals surface area contributed by atoms with Gasteiger partial charge in [0.1, 0.15) is 0 Å². The summed E-state index contributed by atoms with van der Waals surface area (Å²) < 4.78 is 4.46. The summed E-state index contributed by atoms with van der Waals surface area (Å²) >= 11 is 3.00. The first-order chi connectivity index (χ1) is 13.2. The smallest absolute Gasteiger partial charge is 0.413 e. The van der Waals surface area contributed by atoms with Gasteiger partial charge in [-0.25, -0.2) is 14.6 Å². The number of thioether (sulfide) groups is 2. The van der Waals surface area contributed by atoms with Crippen LogP contribution in [0.1, 0.15) is 13.8 Å². The largest absolute Gasteiger partial charge is 0.465 e. The number of carbonyl (C=O) groups excluding carboxylic acids is 2. The van der Waals surface area contributed by atoms with Gasteiger partial charge in [0, 0.05) is 10.6 Å². The Labute approximate surface area is 172 Å². The van der Waals surface area contributed by atoms with Gasteiger partial charge in [0.25, 0.3) is 0 Å². The molecule has 0 heterocycles. The molecule has 0 bridgehead atoms. The van der Waals surface area contributed by atoms with E-state index in [1.54, 1.807) is 23.9 Å². The number of amides is 3. The highest BCUT2D eigenvalue weighted by Crippen LogP contribution is 2.31. The number of carboxylic acid groups (broad SMARTS) is 1. The summed E-state index contributed by atoms with van der Waals surface area (Å²) in [5.41, 5.74) is 0.688. The summed E-state index contributed by atoms with van der Waals surface area (Å²) in [5.74, 6) is 1.09. The van der Waals surface area contributed by atoms with E-state index in [-0.39, 0.29) is 23.3 Å². The average Bonchev–Trinajstić information content (AvgIpc) is 2.61. The van der Waals surface area contributed by atoms with Crippen molar-refractivity contribution in [3.05, 3.63) is 18.2 Å². The first-order valence-corrected chi connectivity index (χ1v) is 10.6. The number of hydrogen-bond donors (Lipinski definition) is 4. The molecule has 1 aromatic carbocycles. The van der Waals surface area contributed by atoms with Crippen molar-refractivity contribution in [2.45, 2.75) is 18.7 Å². The maximum Gasteiger partial charge on any atom is 0.413 e. The number of nitrogens with zero attached hydrogens (tertiary/aromatic N) is 1.